The Hall–Kier alpha value is -5.35. The van der Waals surface area contributed by atoms with Crippen LogP contribution < -0.4 is 15.2 Å². The first-order valence-electron chi connectivity index (χ1n) is 13.9. The lowest BCUT2D eigenvalue weighted by Crippen LogP contribution is -2.53. The zero-order valence-corrected chi connectivity index (χ0v) is 24.6. The summed E-state index contributed by atoms with van der Waals surface area (Å²) in [6, 6.07) is 21.5. The summed E-state index contributed by atoms with van der Waals surface area (Å²) in [6.07, 6.45) is 1.45. The van der Waals surface area contributed by atoms with E-state index in [-0.39, 0.29) is 45.5 Å². The minimum absolute atomic E-state index is 0.00558. The van der Waals surface area contributed by atoms with Crippen LogP contribution in [0.2, 0.25) is 0 Å². The first kappa shape index (κ1) is 27.5. The molecule has 2 aliphatic rings. The van der Waals surface area contributed by atoms with Crippen molar-refractivity contribution in [3.05, 3.63) is 134 Å². The van der Waals surface area contributed by atoms with Gasteiger partial charge in [0, 0.05) is 5.56 Å². The zero-order chi connectivity index (χ0) is 30.7. The molecular weight excluding hydrogens is 578 g/mol. The van der Waals surface area contributed by atoms with Crippen LogP contribution in [-0.2, 0) is 21.6 Å². The van der Waals surface area contributed by atoms with E-state index >= 15 is 4.79 Å². The summed E-state index contributed by atoms with van der Waals surface area (Å²) < 4.78 is 11.4. The molecule has 0 saturated heterocycles. The third-order valence-corrected chi connectivity index (χ3v) is 9.11. The fourth-order valence-corrected chi connectivity index (χ4v) is 7.02. The highest BCUT2D eigenvalue weighted by atomic mass is 32.1. The van der Waals surface area contributed by atoms with Gasteiger partial charge in [0.2, 0.25) is 5.76 Å². The van der Waals surface area contributed by atoms with Crippen LogP contribution in [0.25, 0.3) is 11.0 Å². The normalized spacial score (nSPS) is 17.0. The number of para-hydroxylation sites is 2. The number of carbonyl (C=O) groups is 3. The van der Waals surface area contributed by atoms with Gasteiger partial charge in [0.25, 0.3) is 11.8 Å². The third kappa shape index (κ3) is 3.80. The Kier molecular flexibility index (Phi) is 6.33. The van der Waals surface area contributed by atoms with E-state index in [9.17, 15) is 14.4 Å². The number of rotatable bonds is 6. The van der Waals surface area contributed by atoms with Crippen molar-refractivity contribution in [3.63, 3.8) is 0 Å². The van der Waals surface area contributed by atoms with Crippen molar-refractivity contribution in [2.45, 2.75) is 25.9 Å². The number of thiazole rings is 1. The number of ether oxygens (including phenoxy) is 1. The molecule has 0 fully saturated rings. The number of hydrogen-bond acceptors (Lipinski definition) is 8. The van der Waals surface area contributed by atoms with Gasteiger partial charge in [0.15, 0.2) is 16.1 Å². The third-order valence-electron chi connectivity index (χ3n) is 7.99. The fraction of sp³-hybridized carbons (Fsp3) is 0.147. The van der Waals surface area contributed by atoms with Crippen LogP contribution in [0.5, 0.6) is 0 Å². The lowest BCUT2D eigenvalue weighted by Gasteiger charge is -2.32. The summed E-state index contributed by atoms with van der Waals surface area (Å²) in [5.41, 5.74) is 0.987. The first-order valence-corrected chi connectivity index (χ1v) is 14.7. The van der Waals surface area contributed by atoms with Gasteiger partial charge in [-0.15, -0.1) is 0 Å². The lowest BCUT2D eigenvalue weighted by atomic mass is 9.84. The summed E-state index contributed by atoms with van der Waals surface area (Å²) >= 11 is 0.915. The van der Waals surface area contributed by atoms with Crippen molar-refractivity contribution in [3.8, 4) is 0 Å². The predicted octanol–water partition coefficient (Wildman–Crippen LogP) is 5.66. The molecule has 2 aliphatic heterocycles. The van der Waals surface area contributed by atoms with Gasteiger partial charge >= 0.3 is 5.97 Å². The van der Waals surface area contributed by atoms with Gasteiger partial charge in [0.05, 0.1) is 28.9 Å². The molecule has 3 aromatic carbocycles. The molecule has 9 nitrogen and oxygen atoms in total. The number of aryl methyl sites for hydroxylation is 2. The quantitative estimate of drug-likeness (QED) is 0.182. The number of anilines is 2. The topological polar surface area (TPSA) is 110 Å². The van der Waals surface area contributed by atoms with Gasteiger partial charge in [-0.2, -0.15) is 0 Å². The van der Waals surface area contributed by atoms with Crippen LogP contribution in [0.1, 0.15) is 48.2 Å². The summed E-state index contributed by atoms with van der Waals surface area (Å²) in [6.45, 7) is 7.37. The van der Waals surface area contributed by atoms with E-state index in [1.54, 1.807) is 60.4 Å². The summed E-state index contributed by atoms with van der Waals surface area (Å²) in [4.78, 5) is 64.2. The van der Waals surface area contributed by atoms with Gasteiger partial charge in [-0.05, 0) is 37.6 Å². The Morgan fingerprint density at radius 2 is 1.75 bits per heavy atom. The Labute approximate surface area is 255 Å². The molecule has 0 aliphatic carbocycles. The van der Waals surface area contributed by atoms with Gasteiger partial charge in [-0.1, -0.05) is 84.2 Å². The highest BCUT2D eigenvalue weighted by Gasteiger charge is 2.66. The standard InChI is InChI=1S/C34H25N3O6S/c1-4-17-42-31(40)29-20(3)35-33(44-29)37-30(39)28-26(27(38)22-9-5-8-12-25(22)43-28)34(37)23-10-6-7-11-24(23)36(32(34)41)18-21-15-13-19(2)14-16-21/h4-16H,1,17-18H2,2-3H3. The Morgan fingerprint density at radius 1 is 1.02 bits per heavy atom. The van der Waals surface area contributed by atoms with Crippen molar-refractivity contribution in [1.29, 1.82) is 0 Å². The monoisotopic (exact) mass is 603 g/mol. The average molecular weight is 604 g/mol. The molecule has 1 atom stereocenters. The summed E-state index contributed by atoms with van der Waals surface area (Å²) in [7, 11) is 0. The SMILES string of the molecule is C=CCOC(=O)c1sc(N2C(=O)c3oc4ccccc4c(=O)c3C23C(=O)N(Cc2ccc(C)cc2)c2ccccc23)nc1C. The molecule has 0 bridgehead atoms. The van der Waals surface area contributed by atoms with E-state index in [2.05, 4.69) is 11.6 Å². The number of fused-ring (bicyclic) bond motifs is 5. The number of hydrogen-bond donors (Lipinski definition) is 0. The van der Waals surface area contributed by atoms with E-state index in [0.717, 1.165) is 22.5 Å². The van der Waals surface area contributed by atoms with Gasteiger partial charge < -0.3 is 14.1 Å². The fourth-order valence-electron chi connectivity index (χ4n) is 6.01. The Bertz CT molecular complexity index is 2100. The van der Waals surface area contributed by atoms with Gasteiger partial charge in [0.1, 0.15) is 17.1 Å². The maximum atomic E-state index is 15.0. The summed E-state index contributed by atoms with van der Waals surface area (Å²) in [5, 5.41) is 0.305. The second-order valence-corrected chi connectivity index (χ2v) is 11.7. The second-order valence-electron chi connectivity index (χ2n) is 10.7. The Morgan fingerprint density at radius 3 is 2.52 bits per heavy atom. The first-order chi connectivity index (χ1) is 21.3. The van der Waals surface area contributed by atoms with Crippen molar-refractivity contribution in [2.75, 3.05) is 16.4 Å². The predicted molar refractivity (Wildman–Crippen MR) is 166 cm³/mol. The number of amides is 2. The van der Waals surface area contributed by atoms with E-state index in [0.29, 0.717) is 16.9 Å². The molecule has 0 N–H and O–H groups in total. The van der Waals surface area contributed by atoms with E-state index in [1.165, 1.54) is 11.0 Å². The molecule has 218 valence electrons. The molecule has 0 radical (unpaired) electrons. The highest BCUT2D eigenvalue weighted by molar-refractivity contribution is 7.17. The molecule has 1 spiro atoms. The molecular formula is C34H25N3O6S. The van der Waals surface area contributed by atoms with Crippen molar-refractivity contribution < 1.29 is 23.5 Å². The van der Waals surface area contributed by atoms with E-state index < -0.39 is 28.8 Å². The average Bonchev–Trinajstić information content (AvgIpc) is 3.62. The van der Waals surface area contributed by atoms with Gasteiger partial charge in [-0.3, -0.25) is 19.3 Å². The van der Waals surface area contributed by atoms with Gasteiger partial charge in [-0.25, -0.2) is 9.78 Å². The minimum Gasteiger partial charge on any atom is -0.457 e. The van der Waals surface area contributed by atoms with Crippen LogP contribution in [-0.4, -0.2) is 29.4 Å². The van der Waals surface area contributed by atoms with Crippen LogP contribution >= 0.6 is 11.3 Å². The van der Waals surface area contributed by atoms with Crippen molar-refractivity contribution >= 4 is 50.9 Å². The molecule has 4 heterocycles. The lowest BCUT2D eigenvalue weighted by molar-refractivity contribution is -0.121. The summed E-state index contributed by atoms with van der Waals surface area (Å²) in [5.74, 6) is -2.08. The number of esters is 1. The number of carbonyl (C=O) groups excluding carboxylic acids is 3. The number of nitrogens with zero attached hydrogens (tertiary/aromatic N) is 3. The van der Waals surface area contributed by atoms with Crippen molar-refractivity contribution in [1.82, 2.24) is 4.98 Å². The maximum absolute atomic E-state index is 15.0. The van der Waals surface area contributed by atoms with Crippen LogP contribution in [0.3, 0.4) is 0 Å². The van der Waals surface area contributed by atoms with Crippen molar-refractivity contribution in [2.24, 2.45) is 0 Å². The molecule has 7 rings (SSSR count). The number of aromatic nitrogens is 1. The van der Waals surface area contributed by atoms with Crippen LogP contribution in [0, 0.1) is 13.8 Å². The molecule has 2 aromatic heterocycles. The minimum atomic E-state index is -1.93. The molecule has 0 saturated carbocycles. The van der Waals surface area contributed by atoms with Crippen LogP contribution in [0.15, 0.2) is 94.7 Å². The molecule has 44 heavy (non-hydrogen) atoms. The molecule has 2 amide bonds. The van der Waals surface area contributed by atoms with E-state index in [1.807, 2.05) is 31.2 Å². The Balaban J connectivity index is 1.50. The molecule has 5 aromatic rings. The number of benzene rings is 3. The molecule has 1 unspecified atom stereocenters. The second kappa shape index (κ2) is 10.1. The van der Waals surface area contributed by atoms with Crippen LogP contribution in [0.4, 0.5) is 10.8 Å². The maximum Gasteiger partial charge on any atom is 0.350 e. The zero-order valence-electron chi connectivity index (χ0n) is 23.8. The highest BCUT2D eigenvalue weighted by Crippen LogP contribution is 2.55. The smallest absolute Gasteiger partial charge is 0.350 e. The largest absolute Gasteiger partial charge is 0.457 e. The van der Waals surface area contributed by atoms with E-state index in [4.69, 9.17) is 9.15 Å². The molecule has 10 heteroatoms.